The van der Waals surface area contributed by atoms with Crippen molar-refractivity contribution in [1.29, 1.82) is 0 Å². The summed E-state index contributed by atoms with van der Waals surface area (Å²) in [6, 6.07) is 0.109. The van der Waals surface area contributed by atoms with Gasteiger partial charge >= 0.3 is 0 Å². The van der Waals surface area contributed by atoms with Crippen LogP contribution in [0.25, 0.3) is 0 Å². The molecule has 0 spiro atoms. The van der Waals surface area contributed by atoms with Crippen molar-refractivity contribution in [1.82, 2.24) is 9.97 Å². The summed E-state index contributed by atoms with van der Waals surface area (Å²) >= 11 is 0. The van der Waals surface area contributed by atoms with Gasteiger partial charge in [-0.3, -0.25) is 4.98 Å². The second-order valence-electron chi connectivity index (χ2n) is 3.96. The Morgan fingerprint density at radius 2 is 2.19 bits per heavy atom. The molecule has 0 fully saturated rings. The van der Waals surface area contributed by atoms with Crippen molar-refractivity contribution in [3.63, 3.8) is 0 Å². The van der Waals surface area contributed by atoms with E-state index in [-0.39, 0.29) is 6.04 Å². The van der Waals surface area contributed by atoms with Gasteiger partial charge in [-0.2, -0.15) is 4.98 Å². The highest BCUT2D eigenvalue weighted by Crippen LogP contribution is 2.09. The fourth-order valence-electron chi connectivity index (χ4n) is 1.11. The Morgan fingerprint density at radius 1 is 1.44 bits per heavy atom. The molecule has 1 atom stereocenters. The SMILES string of the molecule is CCOc1cncc(NCC(N)C(C)C)n1. The molecule has 0 saturated heterocycles. The minimum absolute atomic E-state index is 0.109. The van der Waals surface area contributed by atoms with Gasteiger partial charge in [0.2, 0.25) is 5.88 Å². The van der Waals surface area contributed by atoms with E-state index < -0.39 is 0 Å². The molecule has 90 valence electrons. The molecule has 0 bridgehead atoms. The maximum absolute atomic E-state index is 5.92. The summed E-state index contributed by atoms with van der Waals surface area (Å²) in [5.74, 6) is 1.67. The molecule has 0 aliphatic rings. The number of anilines is 1. The van der Waals surface area contributed by atoms with Crippen molar-refractivity contribution >= 4 is 5.82 Å². The van der Waals surface area contributed by atoms with Crippen molar-refractivity contribution < 1.29 is 4.74 Å². The second-order valence-corrected chi connectivity index (χ2v) is 3.96. The molecule has 0 amide bonds. The third kappa shape index (κ3) is 4.02. The van der Waals surface area contributed by atoms with E-state index >= 15 is 0 Å². The van der Waals surface area contributed by atoms with E-state index in [1.54, 1.807) is 12.4 Å². The van der Waals surface area contributed by atoms with Crippen LogP contribution in [0, 0.1) is 5.92 Å². The predicted octanol–water partition coefficient (Wildman–Crippen LogP) is 1.27. The zero-order chi connectivity index (χ0) is 12.0. The van der Waals surface area contributed by atoms with Crippen LogP contribution < -0.4 is 15.8 Å². The largest absolute Gasteiger partial charge is 0.477 e. The molecular formula is C11H20N4O. The minimum atomic E-state index is 0.109. The van der Waals surface area contributed by atoms with Crippen LogP contribution in [-0.2, 0) is 0 Å². The molecule has 1 aromatic heterocycles. The van der Waals surface area contributed by atoms with Crippen molar-refractivity contribution in [3.8, 4) is 5.88 Å². The lowest BCUT2D eigenvalue weighted by Gasteiger charge is -2.16. The maximum Gasteiger partial charge on any atom is 0.234 e. The van der Waals surface area contributed by atoms with Gasteiger partial charge in [0.25, 0.3) is 0 Å². The van der Waals surface area contributed by atoms with Gasteiger partial charge in [-0.1, -0.05) is 13.8 Å². The Balaban J connectivity index is 2.50. The predicted molar refractivity (Wildman–Crippen MR) is 64.5 cm³/mol. The number of nitrogens with zero attached hydrogens (tertiary/aromatic N) is 2. The van der Waals surface area contributed by atoms with Crippen LogP contribution in [0.1, 0.15) is 20.8 Å². The molecule has 0 radical (unpaired) electrons. The monoisotopic (exact) mass is 224 g/mol. The summed E-state index contributed by atoms with van der Waals surface area (Å²) in [5, 5.41) is 3.15. The van der Waals surface area contributed by atoms with Crippen molar-refractivity contribution in [2.45, 2.75) is 26.8 Å². The average molecular weight is 224 g/mol. The first-order chi connectivity index (χ1) is 7.63. The molecule has 1 heterocycles. The summed E-state index contributed by atoms with van der Waals surface area (Å²) in [5.41, 5.74) is 5.92. The van der Waals surface area contributed by atoms with E-state index in [0.29, 0.717) is 30.8 Å². The van der Waals surface area contributed by atoms with Gasteiger partial charge in [-0.15, -0.1) is 0 Å². The maximum atomic E-state index is 5.92. The Kier molecular flexibility index (Phi) is 4.98. The molecule has 0 saturated carbocycles. The molecule has 0 aliphatic heterocycles. The van der Waals surface area contributed by atoms with Crippen LogP contribution in [0.15, 0.2) is 12.4 Å². The Morgan fingerprint density at radius 3 is 2.81 bits per heavy atom. The number of nitrogens with one attached hydrogen (secondary N) is 1. The fourth-order valence-corrected chi connectivity index (χ4v) is 1.11. The normalized spacial score (nSPS) is 12.6. The highest BCUT2D eigenvalue weighted by Gasteiger charge is 2.07. The molecule has 3 N–H and O–H groups in total. The highest BCUT2D eigenvalue weighted by molar-refractivity contribution is 5.33. The molecule has 5 nitrogen and oxygen atoms in total. The Labute approximate surface area is 96.4 Å². The van der Waals surface area contributed by atoms with Crippen LogP contribution in [0.4, 0.5) is 5.82 Å². The van der Waals surface area contributed by atoms with Crippen LogP contribution in [-0.4, -0.2) is 29.2 Å². The summed E-state index contributed by atoms with van der Waals surface area (Å²) in [6.45, 7) is 7.37. The molecular weight excluding hydrogens is 204 g/mol. The topological polar surface area (TPSA) is 73.1 Å². The van der Waals surface area contributed by atoms with Gasteiger partial charge in [0.05, 0.1) is 19.0 Å². The number of hydrogen-bond donors (Lipinski definition) is 2. The average Bonchev–Trinajstić information content (AvgIpc) is 2.26. The number of hydrogen-bond acceptors (Lipinski definition) is 5. The van der Waals surface area contributed by atoms with Gasteiger partial charge < -0.3 is 15.8 Å². The molecule has 1 unspecified atom stereocenters. The molecule has 16 heavy (non-hydrogen) atoms. The standard InChI is InChI=1S/C11H20N4O/c1-4-16-11-7-13-6-10(15-11)14-5-9(12)8(2)3/h6-9H,4-5,12H2,1-3H3,(H,14,15). The molecule has 0 aromatic carbocycles. The molecule has 0 aliphatic carbocycles. The minimum Gasteiger partial charge on any atom is -0.477 e. The van der Waals surface area contributed by atoms with E-state index in [9.17, 15) is 0 Å². The zero-order valence-electron chi connectivity index (χ0n) is 10.1. The Hall–Kier alpha value is -1.36. The van der Waals surface area contributed by atoms with E-state index in [1.807, 2.05) is 6.92 Å². The first kappa shape index (κ1) is 12.7. The van der Waals surface area contributed by atoms with Crippen molar-refractivity contribution in [2.75, 3.05) is 18.5 Å². The summed E-state index contributed by atoms with van der Waals surface area (Å²) < 4.78 is 5.26. The number of nitrogens with two attached hydrogens (primary N) is 1. The molecule has 1 rings (SSSR count). The van der Waals surface area contributed by atoms with E-state index in [1.165, 1.54) is 0 Å². The van der Waals surface area contributed by atoms with E-state index in [4.69, 9.17) is 10.5 Å². The first-order valence-electron chi connectivity index (χ1n) is 5.57. The number of ether oxygens (including phenoxy) is 1. The van der Waals surface area contributed by atoms with Crippen LogP contribution in [0.5, 0.6) is 5.88 Å². The van der Waals surface area contributed by atoms with Crippen LogP contribution >= 0.6 is 0 Å². The van der Waals surface area contributed by atoms with Gasteiger partial charge in [0, 0.05) is 12.6 Å². The van der Waals surface area contributed by atoms with Crippen LogP contribution in [0.3, 0.4) is 0 Å². The molecule has 5 heteroatoms. The van der Waals surface area contributed by atoms with Gasteiger partial charge in [-0.05, 0) is 12.8 Å². The summed E-state index contributed by atoms with van der Waals surface area (Å²) in [7, 11) is 0. The highest BCUT2D eigenvalue weighted by atomic mass is 16.5. The van der Waals surface area contributed by atoms with Crippen molar-refractivity contribution in [3.05, 3.63) is 12.4 Å². The quantitative estimate of drug-likeness (QED) is 0.761. The lowest BCUT2D eigenvalue weighted by atomic mass is 10.1. The summed E-state index contributed by atoms with van der Waals surface area (Å²) in [6.07, 6.45) is 3.26. The lowest BCUT2D eigenvalue weighted by Crippen LogP contribution is -2.34. The van der Waals surface area contributed by atoms with Crippen molar-refractivity contribution in [2.24, 2.45) is 11.7 Å². The third-order valence-electron chi connectivity index (χ3n) is 2.28. The fraction of sp³-hybridized carbons (Fsp3) is 0.636. The van der Waals surface area contributed by atoms with E-state index in [2.05, 4.69) is 29.1 Å². The second kappa shape index (κ2) is 6.27. The first-order valence-corrected chi connectivity index (χ1v) is 5.57. The third-order valence-corrected chi connectivity index (χ3v) is 2.28. The van der Waals surface area contributed by atoms with Gasteiger partial charge in [-0.25, -0.2) is 0 Å². The number of rotatable bonds is 6. The zero-order valence-corrected chi connectivity index (χ0v) is 10.1. The van der Waals surface area contributed by atoms with Crippen LogP contribution in [0.2, 0.25) is 0 Å². The number of aromatic nitrogens is 2. The smallest absolute Gasteiger partial charge is 0.234 e. The Bertz CT molecular complexity index is 317. The molecule has 1 aromatic rings. The van der Waals surface area contributed by atoms with E-state index in [0.717, 1.165) is 0 Å². The summed E-state index contributed by atoms with van der Waals surface area (Å²) in [4.78, 5) is 8.28. The lowest BCUT2D eigenvalue weighted by molar-refractivity contribution is 0.325. The van der Waals surface area contributed by atoms with Gasteiger partial charge in [0.1, 0.15) is 5.82 Å². The van der Waals surface area contributed by atoms with Gasteiger partial charge in [0.15, 0.2) is 0 Å².